The minimum atomic E-state index is -4.91. The number of fused-ring (bicyclic) bond motifs is 3. The van der Waals surface area contributed by atoms with Gasteiger partial charge in [0.2, 0.25) is 0 Å². The van der Waals surface area contributed by atoms with Crippen molar-refractivity contribution in [3.63, 3.8) is 0 Å². The summed E-state index contributed by atoms with van der Waals surface area (Å²) in [6.45, 7) is -1.65. The Morgan fingerprint density at radius 2 is 0.664 bits per heavy atom. The van der Waals surface area contributed by atoms with E-state index < -0.39 is 194 Å². The summed E-state index contributed by atoms with van der Waals surface area (Å²) >= 11 is 0. The molecule has 15 rings (SSSR count). The molecule has 678 valence electrons. The second-order valence-corrected chi connectivity index (χ2v) is 31.3. The first-order valence-corrected chi connectivity index (χ1v) is 40.3. The Hall–Kier alpha value is -14.4. The zero-order chi connectivity index (χ0) is 94.4. The number of alkyl halides is 9. The quantitative estimate of drug-likeness (QED) is 0.0403. The second-order valence-electron chi connectivity index (χ2n) is 31.3. The van der Waals surface area contributed by atoms with Gasteiger partial charge in [-0.3, -0.25) is 67.4 Å². The molecule has 6 aromatic carbocycles. The number of allylic oxidation sites excluding steroid dienone is 1. The number of amides is 3. The largest absolute Gasteiger partial charge is 0.435 e. The number of halogens is 18. The standard InChI is InChI=1S/2C31H24F6N4O3.C31H24F6N4O2/c2*32-19-10-16(11-20(33)14-19)9-18(28-22(3-2-8-39-28)17-6-7-24(34)23(13-17)30(38)44)12-21(42)15-41-25-4-1-5-26(43)27(25)29(40-41)31(35,36)37;32-20-11-17(12-21(33)15-20)10-19(28-23(5-3-9-39-28)18-7-8-26(34)25(14-18)30(38)43)13-22(42)16-41-27-6-2-1-4-24(27)29(40-41)31(35,36)37/h2*2-3,6-8,10-11,13-14,18H,1,4-5,9,12,15H2,(H2,38,44);1,3-5,7-9,11-12,14-15,19H,2,6,10,13,16H2,(H2,38,43)/t2*18-;19-/m111/s1. The summed E-state index contributed by atoms with van der Waals surface area (Å²) in [5.74, 6) is -16.3. The molecule has 0 unspecified atom stereocenters. The lowest BCUT2D eigenvalue weighted by Gasteiger charge is -2.20. The molecular weight excluding hydrogens is 1760 g/mol. The van der Waals surface area contributed by atoms with Crippen molar-refractivity contribution in [2.75, 3.05) is 0 Å². The van der Waals surface area contributed by atoms with Gasteiger partial charge in [-0.2, -0.15) is 54.8 Å². The van der Waals surface area contributed by atoms with Gasteiger partial charge in [0.05, 0.1) is 75.9 Å². The number of pyridine rings is 3. The SMILES string of the molecule is NC(=O)c1cc(-c2cccnc2[C@@H](CC(=O)Cn2nc(C(F)(F)F)c3c2CCC=C3)Cc2cc(F)cc(F)c2)ccc1F.NC(=O)c1cc(-c2cccnc2[C@@H](CC(=O)Cn2nc(C(F)(F)F)c3c2CCCC3=O)Cc2cc(F)cc(F)c2)ccc1F.NC(=O)c1cc(-c2cccnc2[C@@H](CC(=O)Cn2nc(C(F)(F)F)c3c2CCCC3=O)Cc2cc(F)cc(F)c2)ccc1F. The maximum Gasteiger partial charge on any atom is 0.435 e. The Kier molecular flexibility index (Phi) is 28.3. The highest BCUT2D eigenvalue weighted by molar-refractivity contribution is 6.01. The van der Waals surface area contributed by atoms with E-state index >= 15 is 0 Å². The van der Waals surface area contributed by atoms with E-state index in [9.17, 15) is 117 Å². The number of Topliss-reactive ketones (excluding diaryl/α,β-unsaturated/α-hetero) is 5. The van der Waals surface area contributed by atoms with Gasteiger partial charge in [-0.15, -0.1) is 0 Å². The molecule has 12 aromatic rings. The highest BCUT2D eigenvalue weighted by atomic mass is 19.4. The highest BCUT2D eigenvalue weighted by Gasteiger charge is 2.45. The molecule has 6 aromatic heterocycles. The summed E-state index contributed by atoms with van der Waals surface area (Å²) in [4.78, 5) is 114. The van der Waals surface area contributed by atoms with Crippen LogP contribution in [0.2, 0.25) is 0 Å². The van der Waals surface area contributed by atoms with Crippen LogP contribution in [0, 0.1) is 52.4 Å². The maximum absolute atomic E-state index is 14.2. The van der Waals surface area contributed by atoms with E-state index in [0.717, 1.165) is 68.6 Å². The molecule has 6 heterocycles. The van der Waals surface area contributed by atoms with Crippen molar-refractivity contribution >= 4 is 52.7 Å². The number of rotatable bonds is 27. The van der Waals surface area contributed by atoms with Crippen LogP contribution in [0.25, 0.3) is 39.5 Å². The van der Waals surface area contributed by atoms with E-state index in [1.807, 2.05) is 0 Å². The Morgan fingerprint density at radius 1 is 0.366 bits per heavy atom. The van der Waals surface area contributed by atoms with Crippen LogP contribution < -0.4 is 17.2 Å². The Labute approximate surface area is 731 Å². The lowest BCUT2D eigenvalue weighted by atomic mass is 9.86. The Balaban J connectivity index is 0.000000167. The third kappa shape index (κ3) is 22.3. The maximum atomic E-state index is 14.2. The number of benzene rings is 6. The van der Waals surface area contributed by atoms with Crippen LogP contribution in [0.5, 0.6) is 0 Å². The summed E-state index contributed by atoms with van der Waals surface area (Å²) in [5, 5.41) is 10.9. The molecule has 6 N–H and O–H groups in total. The van der Waals surface area contributed by atoms with Crippen LogP contribution in [-0.2, 0) is 91.1 Å². The van der Waals surface area contributed by atoms with Gasteiger partial charge in [0, 0.05) is 115 Å². The van der Waals surface area contributed by atoms with Gasteiger partial charge in [-0.1, -0.05) is 48.6 Å². The molecule has 0 saturated carbocycles. The molecule has 20 nitrogen and oxygen atoms in total. The lowest BCUT2D eigenvalue weighted by Crippen LogP contribution is -2.20. The summed E-state index contributed by atoms with van der Waals surface area (Å²) in [6.07, 6.45) is -7.10. The van der Waals surface area contributed by atoms with Crippen LogP contribution >= 0.6 is 0 Å². The third-order valence-corrected chi connectivity index (χ3v) is 22.0. The van der Waals surface area contributed by atoms with Crippen molar-refractivity contribution in [3.05, 3.63) is 324 Å². The van der Waals surface area contributed by atoms with Crippen molar-refractivity contribution in [3.8, 4) is 33.4 Å². The monoisotopic (exact) mass is 1830 g/mol. The average molecular weight is 1830 g/mol. The van der Waals surface area contributed by atoms with Crippen LogP contribution in [0.3, 0.4) is 0 Å². The van der Waals surface area contributed by atoms with E-state index in [2.05, 4.69) is 30.2 Å². The minimum Gasteiger partial charge on any atom is -0.366 e. The number of hydrogen-bond acceptors (Lipinski definition) is 14. The molecule has 0 bridgehead atoms. The number of carbonyl (C=O) groups excluding carboxylic acids is 8. The summed E-state index contributed by atoms with van der Waals surface area (Å²) in [7, 11) is 0. The molecule has 0 radical (unpaired) electrons. The van der Waals surface area contributed by atoms with Crippen molar-refractivity contribution in [2.24, 2.45) is 17.2 Å². The molecule has 131 heavy (non-hydrogen) atoms. The van der Waals surface area contributed by atoms with Gasteiger partial charge < -0.3 is 17.2 Å². The van der Waals surface area contributed by atoms with Crippen molar-refractivity contribution in [2.45, 2.75) is 146 Å². The van der Waals surface area contributed by atoms with E-state index in [-0.39, 0.29) is 127 Å². The van der Waals surface area contributed by atoms with Gasteiger partial charge in [0.15, 0.2) is 46.0 Å². The van der Waals surface area contributed by atoms with Crippen molar-refractivity contribution < 1.29 is 117 Å². The van der Waals surface area contributed by atoms with E-state index in [4.69, 9.17) is 17.2 Å². The van der Waals surface area contributed by atoms with Crippen LogP contribution in [-0.4, -0.2) is 90.9 Å². The van der Waals surface area contributed by atoms with Gasteiger partial charge >= 0.3 is 18.5 Å². The van der Waals surface area contributed by atoms with Crippen LogP contribution in [0.1, 0.15) is 194 Å². The number of primary amides is 3. The molecule has 3 amide bonds. The molecule has 0 spiro atoms. The zero-order valence-electron chi connectivity index (χ0n) is 68.3. The molecular formula is C93H72F18N12O8. The number of carbonyl (C=O) groups is 8. The molecule has 3 aliphatic rings. The van der Waals surface area contributed by atoms with Gasteiger partial charge in [-0.05, 0) is 182 Å². The van der Waals surface area contributed by atoms with Crippen LogP contribution in [0.4, 0.5) is 79.0 Å². The molecule has 0 aliphatic heterocycles. The van der Waals surface area contributed by atoms with Crippen LogP contribution in [0.15, 0.2) is 170 Å². The average Bonchev–Trinajstić information content (AvgIpc) is 1.62. The Morgan fingerprint density at radius 3 is 0.962 bits per heavy atom. The fourth-order valence-electron chi connectivity index (χ4n) is 16.5. The van der Waals surface area contributed by atoms with Crippen molar-refractivity contribution in [1.29, 1.82) is 0 Å². The fraction of sp³-hybridized carbons (Fsp3) is 0.247. The summed E-state index contributed by atoms with van der Waals surface area (Å²) < 4.78 is 253. The van der Waals surface area contributed by atoms with E-state index in [1.54, 1.807) is 42.5 Å². The first kappa shape index (κ1) is 94.3. The molecule has 3 atom stereocenters. The van der Waals surface area contributed by atoms with Gasteiger partial charge in [0.25, 0.3) is 17.7 Å². The number of ketones is 5. The van der Waals surface area contributed by atoms with E-state index in [0.29, 0.717) is 76.5 Å². The van der Waals surface area contributed by atoms with Gasteiger partial charge in [0.1, 0.15) is 52.4 Å². The highest BCUT2D eigenvalue weighted by Crippen LogP contribution is 2.43. The first-order valence-electron chi connectivity index (χ1n) is 40.3. The first-order chi connectivity index (χ1) is 62.0. The van der Waals surface area contributed by atoms with Gasteiger partial charge in [-0.25, -0.2) is 39.5 Å². The second kappa shape index (κ2) is 39.3. The number of nitrogens with zero attached hydrogens (tertiary/aromatic N) is 9. The Bertz CT molecular complexity index is 6210. The normalized spacial score (nSPS) is 13.8. The third-order valence-electron chi connectivity index (χ3n) is 22.0. The number of nitrogens with two attached hydrogens (primary N) is 3. The number of hydrogen-bond donors (Lipinski definition) is 3. The summed E-state index contributed by atoms with van der Waals surface area (Å²) in [5.41, 5.74) is 13.7. The minimum absolute atomic E-state index is 0.0227. The molecule has 38 heteroatoms. The topological polar surface area (TPSA) is 307 Å². The van der Waals surface area contributed by atoms with E-state index in [1.165, 1.54) is 61.1 Å². The summed E-state index contributed by atoms with van der Waals surface area (Å²) in [6, 6.07) is 29.0. The molecule has 0 fully saturated rings. The fourth-order valence-corrected chi connectivity index (χ4v) is 16.5. The predicted molar refractivity (Wildman–Crippen MR) is 435 cm³/mol. The predicted octanol–water partition coefficient (Wildman–Crippen LogP) is 18.4. The lowest BCUT2D eigenvalue weighted by molar-refractivity contribution is -0.142. The molecule has 0 saturated heterocycles. The number of aromatic nitrogens is 9. The van der Waals surface area contributed by atoms with Crippen molar-refractivity contribution in [1.82, 2.24) is 44.3 Å². The smallest absolute Gasteiger partial charge is 0.366 e. The molecule has 3 aliphatic carbocycles. The zero-order valence-corrected chi connectivity index (χ0v) is 68.3.